The van der Waals surface area contributed by atoms with Crippen molar-refractivity contribution >= 4 is 27.5 Å². The molecule has 0 fully saturated rings. The van der Waals surface area contributed by atoms with Crippen molar-refractivity contribution in [3.05, 3.63) is 24.0 Å². The SMILES string of the molecule is COc1ccc(NC(=O)CCCBr)c(F)c1. The third kappa shape index (κ3) is 3.81. The van der Waals surface area contributed by atoms with E-state index < -0.39 is 5.82 Å². The van der Waals surface area contributed by atoms with Crippen molar-refractivity contribution in [1.29, 1.82) is 0 Å². The summed E-state index contributed by atoms with van der Waals surface area (Å²) in [6.07, 6.45) is 1.10. The maximum Gasteiger partial charge on any atom is 0.224 e. The second kappa shape index (κ2) is 6.48. The molecule has 1 amide bonds. The molecule has 0 aliphatic heterocycles. The summed E-state index contributed by atoms with van der Waals surface area (Å²) in [6, 6.07) is 4.32. The van der Waals surface area contributed by atoms with Crippen LogP contribution in [-0.4, -0.2) is 18.3 Å². The van der Waals surface area contributed by atoms with Gasteiger partial charge in [0.2, 0.25) is 5.91 Å². The molecule has 1 aromatic rings. The first kappa shape index (κ1) is 13.0. The van der Waals surface area contributed by atoms with Crippen LogP contribution in [0, 0.1) is 5.82 Å². The summed E-state index contributed by atoms with van der Waals surface area (Å²) in [4.78, 5) is 11.3. The molecule has 0 saturated heterocycles. The Hall–Kier alpha value is -1.10. The van der Waals surface area contributed by atoms with Gasteiger partial charge in [-0.05, 0) is 18.6 Å². The van der Waals surface area contributed by atoms with E-state index in [1.54, 1.807) is 6.07 Å². The van der Waals surface area contributed by atoms with E-state index in [4.69, 9.17) is 4.74 Å². The average Bonchev–Trinajstić information content (AvgIpc) is 2.29. The Balaban J connectivity index is 2.63. The van der Waals surface area contributed by atoms with Crippen molar-refractivity contribution in [2.24, 2.45) is 0 Å². The summed E-state index contributed by atoms with van der Waals surface area (Å²) in [5, 5.41) is 3.26. The zero-order chi connectivity index (χ0) is 12.0. The number of carbonyl (C=O) groups is 1. The van der Waals surface area contributed by atoms with Gasteiger partial charge in [-0.1, -0.05) is 15.9 Å². The van der Waals surface area contributed by atoms with Crippen LogP contribution in [0.4, 0.5) is 10.1 Å². The van der Waals surface area contributed by atoms with Crippen molar-refractivity contribution in [3.8, 4) is 5.75 Å². The number of anilines is 1. The first-order valence-corrected chi connectivity index (χ1v) is 5.99. The summed E-state index contributed by atoms with van der Waals surface area (Å²) < 4.78 is 18.3. The largest absolute Gasteiger partial charge is 0.497 e. The van der Waals surface area contributed by atoms with E-state index in [-0.39, 0.29) is 11.6 Å². The molecular weight excluding hydrogens is 277 g/mol. The summed E-state index contributed by atoms with van der Waals surface area (Å²) >= 11 is 3.23. The molecule has 0 aliphatic rings. The fourth-order valence-electron chi connectivity index (χ4n) is 1.16. The molecule has 0 unspecified atom stereocenters. The Bertz CT molecular complexity index is 371. The van der Waals surface area contributed by atoms with Crippen LogP contribution in [-0.2, 0) is 4.79 Å². The highest BCUT2D eigenvalue weighted by molar-refractivity contribution is 9.09. The molecule has 1 N–H and O–H groups in total. The molecule has 1 aromatic carbocycles. The minimum atomic E-state index is -0.494. The third-order valence-corrected chi connectivity index (χ3v) is 2.55. The second-order valence-corrected chi connectivity index (χ2v) is 3.98. The van der Waals surface area contributed by atoms with Gasteiger partial charge in [0, 0.05) is 17.8 Å². The van der Waals surface area contributed by atoms with E-state index in [0.717, 1.165) is 11.8 Å². The molecule has 0 radical (unpaired) electrons. The van der Waals surface area contributed by atoms with Crippen LogP contribution >= 0.6 is 15.9 Å². The predicted octanol–water partition coefficient (Wildman–Crippen LogP) is 2.95. The topological polar surface area (TPSA) is 38.3 Å². The summed E-state index contributed by atoms with van der Waals surface area (Å²) in [6.45, 7) is 0. The van der Waals surface area contributed by atoms with Crippen LogP contribution in [0.2, 0.25) is 0 Å². The lowest BCUT2D eigenvalue weighted by Crippen LogP contribution is -2.12. The van der Waals surface area contributed by atoms with Gasteiger partial charge in [-0.3, -0.25) is 4.79 Å². The lowest BCUT2D eigenvalue weighted by molar-refractivity contribution is -0.116. The van der Waals surface area contributed by atoms with Crippen LogP contribution < -0.4 is 10.1 Å². The molecule has 3 nitrogen and oxygen atoms in total. The highest BCUT2D eigenvalue weighted by atomic mass is 79.9. The molecule has 0 saturated carbocycles. The molecule has 5 heteroatoms. The first-order valence-electron chi connectivity index (χ1n) is 4.86. The highest BCUT2D eigenvalue weighted by Crippen LogP contribution is 2.20. The molecule has 88 valence electrons. The molecule has 0 aliphatic carbocycles. The normalized spacial score (nSPS) is 9.94. The fraction of sp³-hybridized carbons (Fsp3) is 0.364. The van der Waals surface area contributed by atoms with E-state index in [0.29, 0.717) is 12.2 Å². The Kier molecular flexibility index (Phi) is 5.25. The second-order valence-electron chi connectivity index (χ2n) is 3.19. The van der Waals surface area contributed by atoms with Crippen molar-refractivity contribution in [2.75, 3.05) is 17.8 Å². The van der Waals surface area contributed by atoms with Gasteiger partial charge in [0.25, 0.3) is 0 Å². The number of carbonyl (C=O) groups excluding carboxylic acids is 1. The smallest absolute Gasteiger partial charge is 0.224 e. The molecule has 0 heterocycles. The van der Waals surface area contributed by atoms with Crippen LogP contribution in [0.3, 0.4) is 0 Å². The lowest BCUT2D eigenvalue weighted by Gasteiger charge is -2.07. The molecule has 16 heavy (non-hydrogen) atoms. The fourth-order valence-corrected chi connectivity index (χ4v) is 1.44. The maximum absolute atomic E-state index is 13.4. The van der Waals surface area contributed by atoms with Gasteiger partial charge < -0.3 is 10.1 Å². The third-order valence-electron chi connectivity index (χ3n) is 1.99. The predicted molar refractivity (Wildman–Crippen MR) is 64.6 cm³/mol. The van der Waals surface area contributed by atoms with Gasteiger partial charge in [-0.2, -0.15) is 0 Å². The zero-order valence-electron chi connectivity index (χ0n) is 8.93. The molecule has 0 bridgehead atoms. The molecule has 0 spiro atoms. The van der Waals surface area contributed by atoms with Crippen LogP contribution in [0.1, 0.15) is 12.8 Å². The number of nitrogens with one attached hydrogen (secondary N) is 1. The minimum Gasteiger partial charge on any atom is -0.497 e. The van der Waals surface area contributed by atoms with Gasteiger partial charge in [0.1, 0.15) is 11.6 Å². The van der Waals surface area contributed by atoms with Gasteiger partial charge in [-0.25, -0.2) is 4.39 Å². The Morgan fingerprint density at radius 3 is 2.88 bits per heavy atom. The number of halogens is 2. The summed E-state index contributed by atoms with van der Waals surface area (Å²) in [5.41, 5.74) is 0.181. The van der Waals surface area contributed by atoms with E-state index in [1.807, 2.05) is 0 Å². The number of methoxy groups -OCH3 is 1. The van der Waals surface area contributed by atoms with Gasteiger partial charge in [0.05, 0.1) is 12.8 Å². The standard InChI is InChI=1S/C11H13BrFNO2/c1-16-8-4-5-10(9(13)7-8)14-11(15)3-2-6-12/h4-5,7H,2-3,6H2,1H3,(H,14,15). The summed E-state index contributed by atoms with van der Waals surface area (Å²) in [7, 11) is 1.46. The number of hydrogen-bond acceptors (Lipinski definition) is 2. The van der Waals surface area contributed by atoms with Crippen molar-refractivity contribution in [2.45, 2.75) is 12.8 Å². The summed E-state index contributed by atoms with van der Waals surface area (Å²) in [5.74, 6) is -0.258. The number of benzene rings is 1. The van der Waals surface area contributed by atoms with Crippen LogP contribution in [0.25, 0.3) is 0 Å². The zero-order valence-corrected chi connectivity index (χ0v) is 10.5. The molecule has 1 rings (SSSR count). The van der Waals surface area contributed by atoms with Gasteiger partial charge in [0.15, 0.2) is 0 Å². The van der Waals surface area contributed by atoms with Crippen LogP contribution in [0.5, 0.6) is 5.75 Å². The first-order chi connectivity index (χ1) is 7.67. The van der Waals surface area contributed by atoms with E-state index in [2.05, 4.69) is 21.2 Å². The molecule has 0 atom stereocenters. The van der Waals surface area contributed by atoms with E-state index in [9.17, 15) is 9.18 Å². The van der Waals surface area contributed by atoms with Crippen LogP contribution in [0.15, 0.2) is 18.2 Å². The van der Waals surface area contributed by atoms with Crippen molar-refractivity contribution in [1.82, 2.24) is 0 Å². The van der Waals surface area contributed by atoms with E-state index in [1.165, 1.54) is 19.2 Å². The van der Waals surface area contributed by atoms with Crippen molar-refractivity contribution < 1.29 is 13.9 Å². The number of ether oxygens (including phenoxy) is 1. The lowest BCUT2D eigenvalue weighted by atomic mass is 10.2. The number of rotatable bonds is 5. The Morgan fingerprint density at radius 2 is 2.31 bits per heavy atom. The average molecular weight is 290 g/mol. The quantitative estimate of drug-likeness (QED) is 0.847. The Morgan fingerprint density at radius 1 is 1.56 bits per heavy atom. The van der Waals surface area contributed by atoms with E-state index >= 15 is 0 Å². The van der Waals surface area contributed by atoms with Gasteiger partial charge in [-0.15, -0.1) is 0 Å². The van der Waals surface area contributed by atoms with Gasteiger partial charge >= 0.3 is 0 Å². The monoisotopic (exact) mass is 289 g/mol. The molecular formula is C11H13BrFNO2. The van der Waals surface area contributed by atoms with Crippen molar-refractivity contribution in [3.63, 3.8) is 0 Å². The number of hydrogen-bond donors (Lipinski definition) is 1. The Labute approximate surface area is 102 Å². The minimum absolute atomic E-state index is 0.181. The maximum atomic E-state index is 13.4. The number of amides is 1. The number of alkyl halides is 1. The highest BCUT2D eigenvalue weighted by Gasteiger charge is 2.07. The molecule has 0 aromatic heterocycles.